The summed E-state index contributed by atoms with van der Waals surface area (Å²) in [7, 11) is 0. The molecule has 2 aliphatic rings. The third-order valence-electron chi connectivity index (χ3n) is 3.13. The van der Waals surface area contributed by atoms with Gasteiger partial charge < -0.3 is 19.5 Å². The fraction of sp³-hybridized carbons (Fsp3) is 0.333. The Kier molecular flexibility index (Phi) is 2.75. The van der Waals surface area contributed by atoms with Crippen molar-refractivity contribution in [1.29, 1.82) is 0 Å². The van der Waals surface area contributed by atoms with Crippen LogP contribution in [0.1, 0.15) is 0 Å². The van der Waals surface area contributed by atoms with Crippen molar-refractivity contribution in [3.05, 3.63) is 18.2 Å². The number of nitrogens with zero attached hydrogens (tertiary/aromatic N) is 1. The highest BCUT2D eigenvalue weighted by molar-refractivity contribution is 5.97. The summed E-state index contributed by atoms with van der Waals surface area (Å²) in [5, 5.41) is 11.7. The Morgan fingerprint density at radius 2 is 2.16 bits per heavy atom. The summed E-state index contributed by atoms with van der Waals surface area (Å²) >= 11 is 0. The minimum Gasteiger partial charge on any atom is -0.480 e. The predicted molar refractivity (Wildman–Crippen MR) is 64.3 cm³/mol. The highest BCUT2D eigenvalue weighted by Gasteiger charge is 2.31. The number of nitrogens with one attached hydrogen (secondary N) is 1. The molecule has 0 saturated carbocycles. The third-order valence-corrected chi connectivity index (χ3v) is 3.13. The topological polar surface area (TPSA) is 88.1 Å². The lowest BCUT2D eigenvalue weighted by Crippen LogP contribution is -2.57. The minimum absolute atomic E-state index is 0.00537. The van der Waals surface area contributed by atoms with Gasteiger partial charge in [-0.2, -0.15) is 0 Å². The Balaban J connectivity index is 1.87. The molecule has 19 heavy (non-hydrogen) atoms. The number of carboxylic acid groups (broad SMARTS) is 1. The normalized spacial score (nSPS) is 21.6. The van der Waals surface area contributed by atoms with Crippen LogP contribution >= 0.6 is 0 Å². The van der Waals surface area contributed by atoms with E-state index in [1.54, 1.807) is 18.2 Å². The fourth-order valence-corrected chi connectivity index (χ4v) is 2.12. The van der Waals surface area contributed by atoms with Crippen LogP contribution in [0.2, 0.25) is 0 Å². The number of hydrogen-bond acceptors (Lipinski definition) is 5. The van der Waals surface area contributed by atoms with Gasteiger partial charge in [0.2, 0.25) is 12.7 Å². The van der Waals surface area contributed by atoms with Crippen molar-refractivity contribution >= 4 is 17.6 Å². The van der Waals surface area contributed by atoms with Crippen molar-refractivity contribution in [2.24, 2.45) is 0 Å². The third kappa shape index (κ3) is 2.08. The van der Waals surface area contributed by atoms with E-state index in [4.69, 9.17) is 14.6 Å². The van der Waals surface area contributed by atoms with Gasteiger partial charge in [0.05, 0.1) is 13.1 Å². The molecule has 2 N–H and O–H groups in total. The molecule has 0 bridgehead atoms. The van der Waals surface area contributed by atoms with Crippen LogP contribution in [0.4, 0.5) is 5.69 Å². The number of carbonyl (C=O) groups is 2. The molecule has 100 valence electrons. The van der Waals surface area contributed by atoms with Gasteiger partial charge in [-0.05, 0) is 12.1 Å². The Morgan fingerprint density at radius 1 is 1.37 bits per heavy atom. The first kappa shape index (κ1) is 11.8. The zero-order valence-corrected chi connectivity index (χ0v) is 9.96. The second-order valence-corrected chi connectivity index (χ2v) is 4.31. The molecule has 0 spiro atoms. The maximum Gasteiger partial charge on any atom is 0.322 e. The molecule has 1 aromatic carbocycles. The van der Waals surface area contributed by atoms with Crippen LogP contribution in [0.3, 0.4) is 0 Å². The summed E-state index contributed by atoms with van der Waals surface area (Å²) in [5.41, 5.74) is 0.613. The van der Waals surface area contributed by atoms with Crippen LogP contribution < -0.4 is 19.7 Å². The molecule has 0 aromatic heterocycles. The van der Waals surface area contributed by atoms with E-state index in [1.165, 1.54) is 4.90 Å². The number of anilines is 1. The van der Waals surface area contributed by atoms with Crippen LogP contribution in [0.5, 0.6) is 11.5 Å². The molecule has 1 fully saturated rings. The zero-order valence-electron chi connectivity index (χ0n) is 9.96. The molecule has 2 heterocycles. The standard InChI is InChI=1S/C12H12N2O5/c15-11-4-13-8(12(16)17)5-14(11)7-1-2-9-10(3-7)19-6-18-9/h1-3,8,13H,4-6H2,(H,16,17). The molecule has 0 radical (unpaired) electrons. The summed E-state index contributed by atoms with van der Waals surface area (Å²) in [6, 6.07) is 4.35. The number of amides is 1. The molecule has 2 aliphatic heterocycles. The lowest BCUT2D eigenvalue weighted by atomic mass is 10.1. The first-order valence-corrected chi connectivity index (χ1v) is 5.81. The van der Waals surface area contributed by atoms with Crippen molar-refractivity contribution in [3.63, 3.8) is 0 Å². The summed E-state index contributed by atoms with van der Waals surface area (Å²) in [4.78, 5) is 24.3. The summed E-state index contributed by atoms with van der Waals surface area (Å²) < 4.78 is 10.4. The number of ether oxygens (including phenoxy) is 2. The van der Waals surface area contributed by atoms with Crippen molar-refractivity contribution in [2.75, 3.05) is 24.8 Å². The number of hydrogen-bond donors (Lipinski definition) is 2. The van der Waals surface area contributed by atoms with Crippen molar-refractivity contribution < 1.29 is 24.2 Å². The number of rotatable bonds is 2. The molecular formula is C12H12N2O5. The van der Waals surface area contributed by atoms with E-state index >= 15 is 0 Å². The lowest BCUT2D eigenvalue weighted by Gasteiger charge is -2.31. The van der Waals surface area contributed by atoms with Gasteiger partial charge in [0.25, 0.3) is 0 Å². The molecule has 7 nitrogen and oxygen atoms in total. The van der Waals surface area contributed by atoms with E-state index in [1.807, 2.05) is 0 Å². The molecule has 1 atom stereocenters. The van der Waals surface area contributed by atoms with Gasteiger partial charge in [0, 0.05) is 11.8 Å². The van der Waals surface area contributed by atoms with Crippen LogP contribution in [-0.4, -0.2) is 42.9 Å². The van der Waals surface area contributed by atoms with E-state index < -0.39 is 12.0 Å². The molecule has 3 rings (SSSR count). The molecule has 1 unspecified atom stereocenters. The fourth-order valence-electron chi connectivity index (χ4n) is 2.12. The van der Waals surface area contributed by atoms with Gasteiger partial charge in [-0.25, -0.2) is 0 Å². The summed E-state index contributed by atoms with van der Waals surface area (Å²) in [6.45, 7) is 0.255. The van der Waals surface area contributed by atoms with E-state index in [9.17, 15) is 9.59 Å². The quantitative estimate of drug-likeness (QED) is 0.769. The highest BCUT2D eigenvalue weighted by atomic mass is 16.7. The molecule has 1 amide bonds. The average Bonchev–Trinajstić information content (AvgIpc) is 2.86. The van der Waals surface area contributed by atoms with E-state index in [2.05, 4.69) is 5.32 Å². The zero-order chi connectivity index (χ0) is 13.4. The second kappa shape index (κ2) is 4.43. The number of aliphatic carboxylic acids is 1. The number of benzene rings is 1. The molecule has 0 aliphatic carbocycles. The van der Waals surface area contributed by atoms with Gasteiger partial charge in [-0.1, -0.05) is 0 Å². The van der Waals surface area contributed by atoms with Gasteiger partial charge in [0.15, 0.2) is 11.5 Å². The second-order valence-electron chi connectivity index (χ2n) is 4.31. The largest absolute Gasteiger partial charge is 0.480 e. The Hall–Kier alpha value is -2.28. The minimum atomic E-state index is -0.974. The Bertz CT molecular complexity index is 545. The SMILES string of the molecule is O=C(O)C1CN(c2ccc3c(c2)OCO3)C(=O)CN1. The number of fused-ring (bicyclic) bond motifs is 1. The monoisotopic (exact) mass is 264 g/mol. The van der Waals surface area contributed by atoms with Gasteiger partial charge in [0.1, 0.15) is 6.04 Å². The number of piperazine rings is 1. The van der Waals surface area contributed by atoms with Crippen molar-refractivity contribution in [3.8, 4) is 11.5 Å². The Morgan fingerprint density at radius 3 is 2.95 bits per heavy atom. The van der Waals surface area contributed by atoms with Crippen molar-refractivity contribution in [2.45, 2.75) is 6.04 Å². The average molecular weight is 264 g/mol. The van der Waals surface area contributed by atoms with Crippen LogP contribution in [0, 0.1) is 0 Å². The van der Waals surface area contributed by atoms with Gasteiger partial charge in [-0.3, -0.25) is 14.9 Å². The van der Waals surface area contributed by atoms with Crippen LogP contribution in [-0.2, 0) is 9.59 Å². The van der Waals surface area contributed by atoms with Crippen molar-refractivity contribution in [1.82, 2.24) is 5.32 Å². The maximum absolute atomic E-state index is 11.9. The van der Waals surface area contributed by atoms with E-state index in [0.29, 0.717) is 17.2 Å². The van der Waals surface area contributed by atoms with Crippen LogP contribution in [0.25, 0.3) is 0 Å². The van der Waals surface area contributed by atoms with Gasteiger partial charge >= 0.3 is 5.97 Å². The summed E-state index contributed by atoms with van der Waals surface area (Å²) in [5.74, 6) is 0.0476. The molecule has 1 aromatic rings. The highest BCUT2D eigenvalue weighted by Crippen LogP contribution is 2.35. The van der Waals surface area contributed by atoms with E-state index in [-0.39, 0.29) is 25.8 Å². The Labute approximate surface area is 108 Å². The molecular weight excluding hydrogens is 252 g/mol. The van der Waals surface area contributed by atoms with Gasteiger partial charge in [-0.15, -0.1) is 0 Å². The summed E-state index contributed by atoms with van der Waals surface area (Å²) in [6.07, 6.45) is 0. The van der Waals surface area contributed by atoms with Crippen LogP contribution in [0.15, 0.2) is 18.2 Å². The maximum atomic E-state index is 11.9. The molecule has 7 heteroatoms. The smallest absolute Gasteiger partial charge is 0.322 e. The first-order valence-electron chi connectivity index (χ1n) is 5.81. The molecule has 1 saturated heterocycles. The predicted octanol–water partition coefficient (Wildman–Crippen LogP) is -0.195. The number of carbonyl (C=O) groups excluding carboxylic acids is 1. The van der Waals surface area contributed by atoms with E-state index in [0.717, 1.165) is 0 Å². The first-order chi connectivity index (χ1) is 9.15. The number of carboxylic acids is 1. The lowest BCUT2D eigenvalue weighted by molar-refractivity contribution is -0.139.